The lowest BCUT2D eigenvalue weighted by Gasteiger charge is -2.18. The van der Waals surface area contributed by atoms with Crippen molar-refractivity contribution in [2.24, 2.45) is 5.92 Å². The van der Waals surface area contributed by atoms with Gasteiger partial charge in [0.1, 0.15) is 12.6 Å². The van der Waals surface area contributed by atoms with E-state index in [1.807, 2.05) is 13.8 Å². The lowest BCUT2D eigenvalue weighted by Crippen LogP contribution is -2.53. The van der Waals surface area contributed by atoms with Gasteiger partial charge < -0.3 is 5.32 Å². The van der Waals surface area contributed by atoms with Crippen LogP contribution < -0.4 is 10.2 Å². The second kappa shape index (κ2) is 5.37. The minimum atomic E-state index is -0.202. The lowest BCUT2D eigenvalue weighted by molar-refractivity contribution is -0.131. The first kappa shape index (κ1) is 12.3. The van der Waals surface area contributed by atoms with E-state index in [4.69, 9.17) is 0 Å². The van der Waals surface area contributed by atoms with E-state index >= 15 is 0 Å². The van der Waals surface area contributed by atoms with Crippen molar-refractivity contribution in [3.05, 3.63) is 0 Å². The third-order valence-corrected chi connectivity index (χ3v) is 2.98. The number of nitrogens with zero attached hydrogens (tertiary/aromatic N) is 1. The maximum Gasteiger partial charge on any atom is 0.378 e. The summed E-state index contributed by atoms with van der Waals surface area (Å²) in [4.78, 5) is 24.6. The quantitative estimate of drug-likeness (QED) is 0.537. The molecule has 0 spiro atoms. The molecule has 15 heavy (non-hydrogen) atoms. The fourth-order valence-corrected chi connectivity index (χ4v) is 2.13. The Morgan fingerprint density at radius 1 is 1.53 bits per heavy atom. The molecule has 1 rings (SSSR count). The normalized spacial score (nSPS) is 24.4. The monoisotopic (exact) mass is 212 g/mol. The molecular formula is C11H20N2O2+. The zero-order chi connectivity index (χ0) is 11.4. The predicted octanol–water partition coefficient (Wildman–Crippen LogP) is 0.258. The molecule has 1 aliphatic heterocycles. The summed E-state index contributed by atoms with van der Waals surface area (Å²) in [5, 5.41) is 3.02. The van der Waals surface area contributed by atoms with Gasteiger partial charge in [-0.2, -0.15) is 0 Å². The maximum absolute atomic E-state index is 12.1. The summed E-state index contributed by atoms with van der Waals surface area (Å²) in [6.45, 7) is 4.73. The van der Waals surface area contributed by atoms with E-state index in [0.717, 1.165) is 19.1 Å². The highest BCUT2D eigenvalue weighted by Gasteiger charge is 2.43. The van der Waals surface area contributed by atoms with Crippen LogP contribution >= 0.6 is 0 Å². The molecule has 0 saturated carbocycles. The molecule has 0 aromatic rings. The van der Waals surface area contributed by atoms with E-state index < -0.39 is 0 Å². The van der Waals surface area contributed by atoms with Crippen molar-refractivity contribution < 1.29 is 9.59 Å². The summed E-state index contributed by atoms with van der Waals surface area (Å²) in [6.07, 6.45) is 2.63. The number of amides is 1. The predicted molar refractivity (Wildman–Crippen MR) is 58.8 cm³/mol. The molecule has 1 radical (unpaired) electrons. The maximum atomic E-state index is 12.1. The van der Waals surface area contributed by atoms with Gasteiger partial charge in [0, 0.05) is 12.8 Å². The number of nitrogens with one attached hydrogen (secondary N) is 1. The topological polar surface area (TPSA) is 52.1 Å². The van der Waals surface area contributed by atoms with Crippen LogP contribution in [0.5, 0.6) is 0 Å². The molecule has 0 bridgehead atoms. The molecule has 4 nitrogen and oxygen atoms in total. The van der Waals surface area contributed by atoms with Gasteiger partial charge >= 0.3 is 5.91 Å². The number of rotatable bonds is 4. The van der Waals surface area contributed by atoms with Gasteiger partial charge in [-0.25, -0.2) is 4.79 Å². The Morgan fingerprint density at radius 2 is 2.20 bits per heavy atom. The average Bonchev–Trinajstić information content (AvgIpc) is 2.65. The highest BCUT2D eigenvalue weighted by Crippen LogP contribution is 2.15. The molecule has 2 atom stereocenters. The highest BCUT2D eigenvalue weighted by molar-refractivity contribution is 5.87. The van der Waals surface area contributed by atoms with Crippen LogP contribution in [0.25, 0.3) is 0 Å². The number of hydrogen-bond acceptors (Lipinski definition) is 3. The molecule has 85 valence electrons. The number of aldehydes is 1. The zero-order valence-electron chi connectivity index (χ0n) is 9.69. The number of carbonyl (C=O) groups excluding carboxylic acids is 2. The van der Waals surface area contributed by atoms with Crippen LogP contribution in [0, 0.1) is 5.92 Å². The SMILES string of the molecule is CN[C@H](C(=O)[N+]1CCC[C@H]1C=O)C(C)C. The van der Waals surface area contributed by atoms with Crippen LogP contribution in [0.3, 0.4) is 0 Å². The molecule has 0 unspecified atom stereocenters. The Kier molecular flexibility index (Phi) is 4.42. The molecule has 1 heterocycles. The van der Waals surface area contributed by atoms with Gasteiger partial charge in [-0.05, 0) is 13.0 Å². The molecule has 1 aliphatic rings. The van der Waals surface area contributed by atoms with Crippen LogP contribution in [-0.2, 0) is 9.59 Å². The van der Waals surface area contributed by atoms with Crippen molar-refractivity contribution in [2.45, 2.75) is 38.8 Å². The molecule has 0 aliphatic carbocycles. The minimum absolute atomic E-state index is 0.0575. The van der Waals surface area contributed by atoms with Crippen LogP contribution in [-0.4, -0.2) is 37.9 Å². The van der Waals surface area contributed by atoms with E-state index in [9.17, 15) is 9.59 Å². The highest BCUT2D eigenvalue weighted by atomic mass is 16.2. The fourth-order valence-electron chi connectivity index (χ4n) is 2.13. The Bertz CT molecular complexity index is 241. The van der Waals surface area contributed by atoms with Gasteiger partial charge in [0.05, 0.1) is 0 Å². The number of likely N-dealkylation sites (N-methyl/N-ethyl adjacent to an activating group) is 1. The summed E-state index contributed by atoms with van der Waals surface area (Å²) >= 11 is 0. The number of likely N-dealkylation sites (tertiary alicyclic amines) is 1. The summed E-state index contributed by atoms with van der Waals surface area (Å²) < 4.78 is 0. The third-order valence-electron chi connectivity index (χ3n) is 2.98. The molecule has 1 amide bonds. The van der Waals surface area contributed by atoms with Crippen LogP contribution in [0.4, 0.5) is 0 Å². The van der Waals surface area contributed by atoms with Crippen molar-refractivity contribution in [2.75, 3.05) is 13.6 Å². The molecule has 0 aromatic heterocycles. The van der Waals surface area contributed by atoms with Gasteiger partial charge in [0.15, 0.2) is 12.3 Å². The summed E-state index contributed by atoms with van der Waals surface area (Å²) in [5.41, 5.74) is 0. The van der Waals surface area contributed by atoms with Gasteiger partial charge in [0.2, 0.25) is 0 Å². The number of carbonyl (C=O) groups is 2. The molecule has 0 aromatic carbocycles. The Labute approximate surface area is 91.0 Å². The third kappa shape index (κ3) is 2.63. The molecule has 1 fully saturated rings. The van der Waals surface area contributed by atoms with Crippen molar-refractivity contribution in [1.29, 1.82) is 0 Å². The van der Waals surface area contributed by atoms with Gasteiger partial charge in [-0.1, -0.05) is 18.7 Å². The zero-order valence-corrected chi connectivity index (χ0v) is 9.69. The van der Waals surface area contributed by atoms with Gasteiger partial charge in [-0.15, -0.1) is 0 Å². The Hall–Kier alpha value is -0.740. The van der Waals surface area contributed by atoms with Crippen molar-refractivity contribution in [1.82, 2.24) is 10.2 Å². The standard InChI is InChI=1S/C11H20N2O2/c1-8(2)10(12-3)11(15)13-6-4-5-9(13)7-14/h7-10,12H,4-6H2,1-3H3/q+1/t9-,10-/m0/s1. The van der Waals surface area contributed by atoms with E-state index in [1.165, 1.54) is 0 Å². The summed E-state index contributed by atoms with van der Waals surface area (Å²) in [6, 6.07) is -0.377. The molecule has 1 N–H and O–H groups in total. The first-order valence-corrected chi connectivity index (χ1v) is 5.54. The second-order valence-corrected chi connectivity index (χ2v) is 4.39. The fraction of sp³-hybridized carbons (Fsp3) is 0.818. The first-order chi connectivity index (χ1) is 7.11. The minimum Gasteiger partial charge on any atom is -0.305 e. The van der Waals surface area contributed by atoms with Crippen molar-refractivity contribution in [3.63, 3.8) is 0 Å². The lowest BCUT2D eigenvalue weighted by atomic mass is 10.0. The Balaban J connectivity index is 2.69. The van der Waals surface area contributed by atoms with E-state index in [2.05, 4.69) is 5.32 Å². The van der Waals surface area contributed by atoms with Crippen LogP contribution in [0.15, 0.2) is 0 Å². The van der Waals surface area contributed by atoms with Crippen molar-refractivity contribution in [3.8, 4) is 0 Å². The molecular weight excluding hydrogens is 192 g/mol. The van der Waals surface area contributed by atoms with Crippen LogP contribution in [0.1, 0.15) is 26.7 Å². The van der Waals surface area contributed by atoms with Crippen molar-refractivity contribution >= 4 is 12.2 Å². The molecule has 1 saturated heterocycles. The molecule has 4 heteroatoms. The summed E-state index contributed by atoms with van der Waals surface area (Å²) in [7, 11) is 1.79. The van der Waals surface area contributed by atoms with E-state index in [-0.39, 0.29) is 23.9 Å². The Morgan fingerprint density at radius 3 is 2.67 bits per heavy atom. The second-order valence-electron chi connectivity index (χ2n) is 4.39. The smallest absolute Gasteiger partial charge is 0.305 e. The average molecular weight is 212 g/mol. The number of hydrogen-bond donors (Lipinski definition) is 1. The van der Waals surface area contributed by atoms with Crippen LogP contribution in [0.2, 0.25) is 0 Å². The van der Waals surface area contributed by atoms with E-state index in [0.29, 0.717) is 6.54 Å². The summed E-state index contributed by atoms with van der Waals surface area (Å²) in [5.74, 6) is 0.303. The first-order valence-electron chi connectivity index (χ1n) is 5.54. The van der Waals surface area contributed by atoms with Gasteiger partial charge in [-0.3, -0.25) is 4.79 Å². The van der Waals surface area contributed by atoms with E-state index in [1.54, 1.807) is 11.9 Å². The largest absolute Gasteiger partial charge is 0.378 e. The van der Waals surface area contributed by atoms with Gasteiger partial charge in [0.25, 0.3) is 0 Å².